The molecule has 1 aromatic heterocycles. The molecule has 0 amide bonds. The van der Waals surface area contributed by atoms with E-state index in [0.29, 0.717) is 22.9 Å². The molecular formula is C23H19ClN2O3S. The second-order valence-corrected chi connectivity index (χ2v) is 9.03. The maximum atomic E-state index is 12.8. The van der Waals surface area contributed by atoms with E-state index >= 15 is 0 Å². The van der Waals surface area contributed by atoms with Gasteiger partial charge < -0.3 is 4.74 Å². The lowest BCUT2D eigenvalue weighted by molar-refractivity contribution is 0.297. The van der Waals surface area contributed by atoms with Gasteiger partial charge in [0.25, 0.3) is 0 Å². The first-order valence-corrected chi connectivity index (χ1v) is 10.9. The fourth-order valence-corrected chi connectivity index (χ4v) is 4.27. The lowest BCUT2D eigenvalue weighted by Gasteiger charge is -2.13. The summed E-state index contributed by atoms with van der Waals surface area (Å²) in [6.45, 7) is 4.07. The normalized spacial score (nSPS) is 11.7. The van der Waals surface area contributed by atoms with Crippen molar-refractivity contribution in [1.82, 2.24) is 4.98 Å². The van der Waals surface area contributed by atoms with Gasteiger partial charge in [-0.15, -0.1) is 0 Å². The van der Waals surface area contributed by atoms with Gasteiger partial charge in [0.05, 0.1) is 10.6 Å². The first kappa shape index (κ1) is 21.6. The second-order valence-electron chi connectivity index (χ2n) is 6.67. The van der Waals surface area contributed by atoms with Crippen LogP contribution in [-0.2, 0) is 16.4 Å². The average molecular weight is 439 g/mol. The van der Waals surface area contributed by atoms with E-state index in [1.807, 2.05) is 32.0 Å². The van der Waals surface area contributed by atoms with E-state index in [2.05, 4.69) is 4.98 Å². The molecule has 0 atom stereocenters. The summed E-state index contributed by atoms with van der Waals surface area (Å²) in [4.78, 5) is 3.91. The Bertz CT molecular complexity index is 1210. The van der Waals surface area contributed by atoms with Crippen LogP contribution in [0.3, 0.4) is 0 Å². The van der Waals surface area contributed by atoms with Crippen LogP contribution < -0.4 is 4.74 Å². The van der Waals surface area contributed by atoms with Gasteiger partial charge in [-0.3, -0.25) is 4.98 Å². The average Bonchev–Trinajstić information content (AvgIpc) is 2.72. The van der Waals surface area contributed by atoms with Crippen molar-refractivity contribution in [3.05, 3.63) is 93.1 Å². The summed E-state index contributed by atoms with van der Waals surface area (Å²) in [5, 5.41) is 9.91. The topological polar surface area (TPSA) is 80.0 Å². The van der Waals surface area contributed by atoms with Gasteiger partial charge in [0.1, 0.15) is 23.3 Å². The first-order valence-electron chi connectivity index (χ1n) is 9.07. The van der Waals surface area contributed by atoms with Gasteiger partial charge in [-0.2, -0.15) is 5.26 Å². The van der Waals surface area contributed by atoms with Crippen molar-refractivity contribution in [3.8, 4) is 11.8 Å². The van der Waals surface area contributed by atoms with E-state index in [-0.39, 0.29) is 9.80 Å². The number of pyridine rings is 1. The van der Waals surface area contributed by atoms with Crippen molar-refractivity contribution in [2.24, 2.45) is 0 Å². The Kier molecular flexibility index (Phi) is 6.56. The maximum absolute atomic E-state index is 12.8. The summed E-state index contributed by atoms with van der Waals surface area (Å²) in [7, 11) is -3.95. The van der Waals surface area contributed by atoms with E-state index in [9.17, 15) is 13.7 Å². The number of aryl methyl sites for hydroxylation is 2. The lowest BCUT2D eigenvalue weighted by Crippen LogP contribution is -2.04. The third-order valence-corrected chi connectivity index (χ3v) is 6.33. The van der Waals surface area contributed by atoms with Crippen molar-refractivity contribution in [2.45, 2.75) is 25.3 Å². The Hall–Kier alpha value is -3.14. The number of allylic oxidation sites excluding steroid dienone is 1. The predicted molar refractivity (Wildman–Crippen MR) is 117 cm³/mol. The van der Waals surface area contributed by atoms with Gasteiger partial charge in [-0.1, -0.05) is 17.7 Å². The minimum Gasteiger partial charge on any atom is -0.487 e. The number of halogens is 1. The molecular weight excluding hydrogens is 420 g/mol. The molecule has 30 heavy (non-hydrogen) atoms. The van der Waals surface area contributed by atoms with Gasteiger partial charge in [0.15, 0.2) is 0 Å². The number of ether oxygens (including phenoxy) is 1. The highest BCUT2D eigenvalue weighted by atomic mass is 35.5. The molecule has 0 radical (unpaired) electrons. The second kappa shape index (κ2) is 9.12. The zero-order chi connectivity index (χ0) is 21.7. The van der Waals surface area contributed by atoms with Gasteiger partial charge >= 0.3 is 0 Å². The molecule has 1 heterocycles. The van der Waals surface area contributed by atoms with Crippen molar-refractivity contribution >= 4 is 27.5 Å². The molecule has 152 valence electrons. The molecule has 0 saturated heterocycles. The van der Waals surface area contributed by atoms with Gasteiger partial charge in [-0.25, -0.2) is 8.42 Å². The van der Waals surface area contributed by atoms with Crippen LogP contribution in [0.25, 0.3) is 6.08 Å². The summed E-state index contributed by atoms with van der Waals surface area (Å²) in [5.74, 6) is 0.705. The number of sulfone groups is 1. The Morgan fingerprint density at radius 2 is 1.80 bits per heavy atom. The molecule has 0 aliphatic carbocycles. The molecule has 3 aromatic rings. The lowest BCUT2D eigenvalue weighted by atomic mass is 10.1. The molecule has 2 aromatic carbocycles. The van der Waals surface area contributed by atoms with Crippen LogP contribution in [-0.4, -0.2) is 13.4 Å². The monoisotopic (exact) mass is 438 g/mol. The van der Waals surface area contributed by atoms with Crippen molar-refractivity contribution in [2.75, 3.05) is 0 Å². The van der Waals surface area contributed by atoms with Gasteiger partial charge in [0.2, 0.25) is 9.84 Å². The first-order chi connectivity index (χ1) is 14.3. The predicted octanol–water partition coefficient (Wildman–Crippen LogP) is 5.27. The zero-order valence-electron chi connectivity index (χ0n) is 16.5. The van der Waals surface area contributed by atoms with Crippen LogP contribution in [0.15, 0.2) is 70.6 Å². The molecule has 0 unspecified atom stereocenters. The van der Waals surface area contributed by atoms with E-state index in [1.54, 1.807) is 24.4 Å². The molecule has 0 N–H and O–H groups in total. The third-order valence-electron chi connectivity index (χ3n) is 4.39. The van der Waals surface area contributed by atoms with E-state index in [0.717, 1.165) is 16.8 Å². The molecule has 0 bridgehead atoms. The fourth-order valence-electron chi connectivity index (χ4n) is 2.99. The summed E-state index contributed by atoms with van der Waals surface area (Å²) >= 11 is 5.83. The largest absolute Gasteiger partial charge is 0.487 e. The Labute approximate surface area is 181 Å². The smallest absolute Gasteiger partial charge is 0.216 e. The molecule has 0 aliphatic rings. The molecule has 5 nitrogen and oxygen atoms in total. The number of hydrogen-bond donors (Lipinski definition) is 0. The van der Waals surface area contributed by atoms with E-state index in [1.165, 1.54) is 30.3 Å². The number of nitrogens with zero attached hydrogens (tertiary/aromatic N) is 2. The number of benzene rings is 2. The van der Waals surface area contributed by atoms with Crippen molar-refractivity contribution < 1.29 is 13.2 Å². The van der Waals surface area contributed by atoms with Crippen LogP contribution >= 0.6 is 11.6 Å². The molecule has 0 spiro atoms. The summed E-state index contributed by atoms with van der Waals surface area (Å²) < 4.78 is 31.5. The Morgan fingerprint density at radius 1 is 1.13 bits per heavy atom. The standard InChI is InChI=1S/C23H19ClN2O3S/c1-16-11-18(12-17(2)23(16)29-15-20-5-3-4-10-26-20)13-22(14-25)30(27,28)21-8-6-19(24)7-9-21/h3-13H,15H2,1-2H3/b22-13+. The highest BCUT2D eigenvalue weighted by Crippen LogP contribution is 2.28. The molecule has 0 fully saturated rings. The Balaban J connectivity index is 1.90. The summed E-state index contributed by atoms with van der Waals surface area (Å²) in [6.07, 6.45) is 3.07. The van der Waals surface area contributed by atoms with Crippen LogP contribution in [0.1, 0.15) is 22.4 Å². The highest BCUT2D eigenvalue weighted by molar-refractivity contribution is 7.95. The van der Waals surface area contributed by atoms with Crippen molar-refractivity contribution in [3.63, 3.8) is 0 Å². The van der Waals surface area contributed by atoms with Crippen LogP contribution in [0.2, 0.25) is 5.02 Å². The summed E-state index contributed by atoms with van der Waals surface area (Å²) in [6, 6.07) is 16.7. The maximum Gasteiger partial charge on any atom is 0.216 e. The molecule has 0 saturated carbocycles. The minimum atomic E-state index is -3.95. The number of aromatic nitrogens is 1. The quantitative estimate of drug-likeness (QED) is 0.490. The van der Waals surface area contributed by atoms with Crippen LogP contribution in [0.4, 0.5) is 0 Å². The number of nitriles is 1. The fraction of sp³-hybridized carbons (Fsp3) is 0.130. The molecule has 3 rings (SSSR count). The van der Waals surface area contributed by atoms with Crippen molar-refractivity contribution in [1.29, 1.82) is 5.26 Å². The highest BCUT2D eigenvalue weighted by Gasteiger charge is 2.21. The third kappa shape index (κ3) is 4.88. The number of hydrogen-bond acceptors (Lipinski definition) is 5. The SMILES string of the molecule is Cc1cc(/C=C(\C#N)S(=O)(=O)c2ccc(Cl)cc2)cc(C)c1OCc1ccccn1. The molecule has 0 aliphatic heterocycles. The Morgan fingerprint density at radius 3 is 2.37 bits per heavy atom. The minimum absolute atomic E-state index is 0.0171. The van der Waals surface area contributed by atoms with Crippen LogP contribution in [0.5, 0.6) is 5.75 Å². The van der Waals surface area contributed by atoms with Crippen LogP contribution in [0, 0.1) is 25.2 Å². The van der Waals surface area contributed by atoms with E-state index in [4.69, 9.17) is 16.3 Å². The molecule has 7 heteroatoms. The van der Waals surface area contributed by atoms with Gasteiger partial charge in [0, 0.05) is 11.2 Å². The number of rotatable bonds is 6. The zero-order valence-corrected chi connectivity index (χ0v) is 18.0. The van der Waals surface area contributed by atoms with E-state index < -0.39 is 9.84 Å². The summed E-state index contributed by atoms with van der Waals surface area (Å²) in [5.41, 5.74) is 3.07. The van der Waals surface area contributed by atoms with Gasteiger partial charge in [-0.05, 0) is 85.1 Å².